The van der Waals surface area contributed by atoms with E-state index in [0.29, 0.717) is 19.5 Å². The van der Waals surface area contributed by atoms with Crippen LogP contribution in [0.4, 0.5) is 8.78 Å². The van der Waals surface area contributed by atoms with E-state index in [0.717, 1.165) is 12.1 Å². The van der Waals surface area contributed by atoms with Gasteiger partial charge in [-0.2, -0.15) is 0 Å². The monoisotopic (exact) mass is 241 g/mol. The van der Waals surface area contributed by atoms with Crippen LogP contribution in [0.2, 0.25) is 0 Å². The molecule has 92 valence electrons. The molecule has 0 radical (unpaired) electrons. The van der Waals surface area contributed by atoms with Gasteiger partial charge in [0.05, 0.1) is 18.2 Å². The second-order valence-corrected chi connectivity index (χ2v) is 4.20. The van der Waals surface area contributed by atoms with E-state index in [1.54, 1.807) is 4.90 Å². The molecule has 1 heterocycles. The van der Waals surface area contributed by atoms with Crippen LogP contribution in [0.25, 0.3) is 0 Å². The van der Waals surface area contributed by atoms with Crippen molar-refractivity contribution in [1.82, 2.24) is 4.90 Å². The number of ketones is 1. The number of halogens is 2. The molecule has 0 aromatic heterocycles. The zero-order chi connectivity index (χ0) is 12.4. The normalized spacial score (nSPS) is 20.8. The summed E-state index contributed by atoms with van der Waals surface area (Å²) in [7, 11) is 0. The Balaban J connectivity index is 2.10. The van der Waals surface area contributed by atoms with Crippen LogP contribution in [0.3, 0.4) is 0 Å². The third-order valence-electron chi connectivity index (χ3n) is 2.86. The van der Waals surface area contributed by atoms with Crippen LogP contribution in [-0.4, -0.2) is 41.5 Å². The minimum Gasteiger partial charge on any atom is -0.392 e. The van der Waals surface area contributed by atoms with Crippen LogP contribution in [0.15, 0.2) is 18.2 Å². The highest BCUT2D eigenvalue weighted by Gasteiger charge is 2.25. The van der Waals surface area contributed by atoms with Crippen LogP contribution < -0.4 is 0 Å². The molecule has 5 heteroatoms. The van der Waals surface area contributed by atoms with Gasteiger partial charge in [0, 0.05) is 13.1 Å². The van der Waals surface area contributed by atoms with E-state index in [4.69, 9.17) is 0 Å². The largest absolute Gasteiger partial charge is 0.392 e. The standard InChI is InChI=1S/C12H13F2NO2/c13-9-2-1-3-10(14)12(9)11(17)7-15-5-4-8(16)6-15/h1-3,8,16H,4-7H2. The minimum atomic E-state index is -0.838. The second kappa shape index (κ2) is 4.89. The molecular formula is C12H13F2NO2. The number of hydrogen-bond donors (Lipinski definition) is 1. The number of hydrogen-bond acceptors (Lipinski definition) is 3. The number of rotatable bonds is 3. The first-order valence-corrected chi connectivity index (χ1v) is 5.45. The van der Waals surface area contributed by atoms with Crippen molar-refractivity contribution in [3.63, 3.8) is 0 Å². The molecule has 1 fully saturated rings. The van der Waals surface area contributed by atoms with Crippen LogP contribution in [-0.2, 0) is 0 Å². The van der Waals surface area contributed by atoms with Crippen molar-refractivity contribution >= 4 is 5.78 Å². The summed E-state index contributed by atoms with van der Waals surface area (Å²) in [5.74, 6) is -2.26. The lowest BCUT2D eigenvalue weighted by atomic mass is 10.1. The first kappa shape index (κ1) is 12.1. The van der Waals surface area contributed by atoms with E-state index in [-0.39, 0.29) is 6.54 Å². The van der Waals surface area contributed by atoms with Gasteiger partial charge in [-0.1, -0.05) is 6.07 Å². The van der Waals surface area contributed by atoms with Crippen LogP contribution in [0, 0.1) is 11.6 Å². The fraction of sp³-hybridized carbons (Fsp3) is 0.417. The fourth-order valence-electron chi connectivity index (χ4n) is 2.00. The van der Waals surface area contributed by atoms with Crippen LogP contribution >= 0.6 is 0 Å². The van der Waals surface area contributed by atoms with Gasteiger partial charge in [-0.15, -0.1) is 0 Å². The number of carbonyl (C=O) groups excluding carboxylic acids is 1. The van der Waals surface area contributed by atoms with Crippen molar-refractivity contribution in [3.8, 4) is 0 Å². The van der Waals surface area contributed by atoms with Crippen molar-refractivity contribution in [3.05, 3.63) is 35.4 Å². The minimum absolute atomic E-state index is 0.0606. The predicted molar refractivity (Wildman–Crippen MR) is 57.8 cm³/mol. The lowest BCUT2D eigenvalue weighted by Gasteiger charge is -2.14. The number of carbonyl (C=O) groups is 1. The summed E-state index contributed by atoms with van der Waals surface area (Å²) in [6.45, 7) is 0.889. The molecule has 0 bridgehead atoms. The Hall–Kier alpha value is -1.33. The van der Waals surface area contributed by atoms with Crippen molar-refractivity contribution in [2.45, 2.75) is 12.5 Å². The highest BCUT2D eigenvalue weighted by Crippen LogP contribution is 2.15. The van der Waals surface area contributed by atoms with E-state index in [9.17, 15) is 18.7 Å². The number of benzene rings is 1. The lowest BCUT2D eigenvalue weighted by Crippen LogP contribution is -2.29. The number of β-amino-alcohol motifs (C(OH)–C–C–N with tert-alkyl or cyclic N) is 1. The molecule has 1 aliphatic heterocycles. The predicted octanol–water partition coefficient (Wildman–Crippen LogP) is 1.21. The number of aliphatic hydroxyl groups excluding tert-OH is 1. The number of nitrogens with zero attached hydrogens (tertiary/aromatic N) is 1. The van der Waals surface area contributed by atoms with Crippen LogP contribution in [0.5, 0.6) is 0 Å². The van der Waals surface area contributed by atoms with Gasteiger partial charge in [0.15, 0.2) is 5.78 Å². The topological polar surface area (TPSA) is 40.5 Å². The molecular weight excluding hydrogens is 228 g/mol. The molecule has 1 aliphatic rings. The summed E-state index contributed by atoms with van der Waals surface area (Å²) in [6.07, 6.45) is 0.140. The van der Waals surface area contributed by atoms with Gasteiger partial charge in [-0.25, -0.2) is 8.78 Å². The average Bonchev–Trinajstić information content (AvgIpc) is 2.63. The molecule has 1 aromatic rings. The van der Waals surface area contributed by atoms with Gasteiger partial charge in [0.2, 0.25) is 0 Å². The molecule has 0 amide bonds. The maximum atomic E-state index is 13.3. The molecule has 1 unspecified atom stereocenters. The number of Topliss-reactive ketones (excluding diaryl/α,β-unsaturated/α-hetero) is 1. The van der Waals surface area contributed by atoms with E-state index >= 15 is 0 Å². The second-order valence-electron chi connectivity index (χ2n) is 4.20. The van der Waals surface area contributed by atoms with Crippen LogP contribution in [0.1, 0.15) is 16.8 Å². The third-order valence-corrected chi connectivity index (χ3v) is 2.86. The SMILES string of the molecule is O=C(CN1CCC(O)C1)c1c(F)cccc1F. The van der Waals surface area contributed by atoms with Gasteiger partial charge in [0.1, 0.15) is 11.6 Å². The average molecular weight is 241 g/mol. The zero-order valence-electron chi connectivity index (χ0n) is 9.20. The summed E-state index contributed by atoms with van der Waals surface area (Å²) < 4.78 is 26.6. The first-order chi connectivity index (χ1) is 8.08. The molecule has 1 N–H and O–H groups in total. The van der Waals surface area contributed by atoms with Crippen molar-refractivity contribution in [2.75, 3.05) is 19.6 Å². The lowest BCUT2D eigenvalue weighted by molar-refractivity contribution is 0.0926. The number of aliphatic hydroxyl groups is 1. The summed E-state index contributed by atoms with van der Waals surface area (Å²) >= 11 is 0. The Bertz CT molecular complexity index is 416. The molecule has 17 heavy (non-hydrogen) atoms. The molecule has 0 saturated carbocycles. The molecule has 2 rings (SSSR count). The van der Waals surface area contributed by atoms with E-state index < -0.39 is 29.1 Å². The molecule has 1 aromatic carbocycles. The van der Waals surface area contributed by atoms with E-state index in [1.165, 1.54) is 6.07 Å². The maximum Gasteiger partial charge on any atom is 0.182 e. The molecule has 0 spiro atoms. The molecule has 0 aliphatic carbocycles. The van der Waals surface area contributed by atoms with Gasteiger partial charge in [-0.3, -0.25) is 9.69 Å². The smallest absolute Gasteiger partial charge is 0.182 e. The van der Waals surface area contributed by atoms with Gasteiger partial charge in [-0.05, 0) is 18.6 Å². The van der Waals surface area contributed by atoms with Crippen molar-refractivity contribution < 1.29 is 18.7 Å². The molecule has 3 nitrogen and oxygen atoms in total. The first-order valence-electron chi connectivity index (χ1n) is 5.45. The Labute approximate surface area is 97.7 Å². The Morgan fingerprint density at radius 1 is 1.41 bits per heavy atom. The maximum absolute atomic E-state index is 13.3. The summed E-state index contributed by atoms with van der Waals surface area (Å²) in [5.41, 5.74) is -0.492. The Kier molecular flexibility index (Phi) is 3.49. The fourth-order valence-corrected chi connectivity index (χ4v) is 2.00. The van der Waals surface area contributed by atoms with Crippen molar-refractivity contribution in [1.29, 1.82) is 0 Å². The van der Waals surface area contributed by atoms with Crippen molar-refractivity contribution in [2.24, 2.45) is 0 Å². The Morgan fingerprint density at radius 3 is 2.59 bits per heavy atom. The Morgan fingerprint density at radius 2 is 2.06 bits per heavy atom. The summed E-state index contributed by atoms with van der Waals surface area (Å²) in [5, 5.41) is 9.29. The quantitative estimate of drug-likeness (QED) is 0.809. The summed E-state index contributed by atoms with van der Waals surface area (Å²) in [6, 6.07) is 3.35. The third kappa shape index (κ3) is 2.68. The van der Waals surface area contributed by atoms with Gasteiger partial charge >= 0.3 is 0 Å². The molecule has 1 saturated heterocycles. The van der Waals surface area contributed by atoms with E-state index in [1.807, 2.05) is 0 Å². The highest BCUT2D eigenvalue weighted by atomic mass is 19.1. The van der Waals surface area contributed by atoms with E-state index in [2.05, 4.69) is 0 Å². The summed E-state index contributed by atoms with van der Waals surface area (Å²) in [4.78, 5) is 13.4. The molecule has 1 atom stereocenters. The van der Waals surface area contributed by atoms with Gasteiger partial charge < -0.3 is 5.11 Å². The number of likely N-dealkylation sites (tertiary alicyclic amines) is 1. The zero-order valence-corrected chi connectivity index (χ0v) is 9.20. The van der Waals surface area contributed by atoms with Gasteiger partial charge in [0.25, 0.3) is 0 Å². The highest BCUT2D eigenvalue weighted by molar-refractivity contribution is 5.98.